The molecule has 2 N–H and O–H groups in total. The molecule has 0 amide bonds. The minimum Gasteiger partial charge on any atom is -0.396 e. The van der Waals surface area contributed by atoms with Crippen LogP contribution in [0.1, 0.15) is 33.1 Å². The summed E-state index contributed by atoms with van der Waals surface area (Å²) < 4.78 is 0. The maximum atomic E-state index is 9.32. The van der Waals surface area contributed by atoms with E-state index in [4.69, 9.17) is 5.11 Å². The van der Waals surface area contributed by atoms with Gasteiger partial charge in [-0.1, -0.05) is 13.8 Å². The summed E-state index contributed by atoms with van der Waals surface area (Å²) in [5.74, 6) is 0.687. The molecule has 0 radical (unpaired) electrons. The van der Waals surface area contributed by atoms with Gasteiger partial charge in [0.1, 0.15) is 5.54 Å². The molecule has 0 bridgehead atoms. The molecule has 1 saturated heterocycles. The SMILES string of the molecule is CC(C)CN1CCC(C#N)(NCCCO)CC1. The quantitative estimate of drug-likeness (QED) is 0.678. The maximum absolute atomic E-state index is 9.32. The molecule has 4 nitrogen and oxygen atoms in total. The van der Waals surface area contributed by atoms with Gasteiger partial charge in [0.2, 0.25) is 0 Å². The number of rotatable bonds is 6. The summed E-state index contributed by atoms with van der Waals surface area (Å²) in [7, 11) is 0. The van der Waals surface area contributed by atoms with Gasteiger partial charge in [0, 0.05) is 26.2 Å². The van der Waals surface area contributed by atoms with Crippen molar-refractivity contribution < 1.29 is 5.11 Å². The van der Waals surface area contributed by atoms with Crippen LogP contribution >= 0.6 is 0 Å². The lowest BCUT2D eigenvalue weighted by molar-refractivity contribution is 0.151. The molecular formula is C13H25N3O. The zero-order valence-electron chi connectivity index (χ0n) is 11.1. The Morgan fingerprint density at radius 3 is 2.53 bits per heavy atom. The molecule has 1 aliphatic heterocycles. The van der Waals surface area contributed by atoms with E-state index in [9.17, 15) is 5.26 Å². The molecule has 98 valence electrons. The normalized spacial score (nSPS) is 20.4. The van der Waals surface area contributed by atoms with Crippen molar-refractivity contribution in [2.75, 3.05) is 32.8 Å². The fourth-order valence-corrected chi connectivity index (χ4v) is 2.37. The summed E-state index contributed by atoms with van der Waals surface area (Å²) in [4.78, 5) is 2.44. The van der Waals surface area contributed by atoms with Crippen LogP contribution in [-0.4, -0.2) is 48.3 Å². The van der Waals surface area contributed by atoms with E-state index in [0.29, 0.717) is 5.92 Å². The first kappa shape index (κ1) is 14.4. The second kappa shape index (κ2) is 6.95. The molecule has 17 heavy (non-hydrogen) atoms. The number of hydrogen-bond donors (Lipinski definition) is 2. The highest BCUT2D eigenvalue weighted by molar-refractivity contribution is 5.09. The monoisotopic (exact) mass is 239 g/mol. The van der Waals surface area contributed by atoms with Crippen LogP contribution < -0.4 is 5.32 Å². The van der Waals surface area contributed by atoms with Gasteiger partial charge >= 0.3 is 0 Å². The Labute approximate surface area is 105 Å². The van der Waals surface area contributed by atoms with Gasteiger partial charge in [-0.15, -0.1) is 0 Å². The zero-order chi connectivity index (χ0) is 12.7. The number of piperidine rings is 1. The molecular weight excluding hydrogens is 214 g/mol. The molecule has 0 unspecified atom stereocenters. The van der Waals surface area contributed by atoms with Crippen molar-refractivity contribution in [2.24, 2.45) is 5.92 Å². The van der Waals surface area contributed by atoms with Gasteiger partial charge in [-0.05, 0) is 31.7 Å². The Hall–Kier alpha value is -0.630. The summed E-state index contributed by atoms with van der Waals surface area (Å²) in [6, 6.07) is 2.43. The average Bonchev–Trinajstić information content (AvgIpc) is 2.31. The van der Waals surface area contributed by atoms with Gasteiger partial charge in [-0.3, -0.25) is 5.32 Å². The molecule has 0 saturated carbocycles. The fraction of sp³-hybridized carbons (Fsp3) is 0.923. The van der Waals surface area contributed by atoms with E-state index >= 15 is 0 Å². The third-order valence-electron chi connectivity index (χ3n) is 3.35. The van der Waals surface area contributed by atoms with Crippen molar-refractivity contribution in [3.8, 4) is 6.07 Å². The molecule has 0 aromatic carbocycles. The van der Waals surface area contributed by atoms with Crippen LogP contribution in [0.15, 0.2) is 0 Å². The lowest BCUT2D eigenvalue weighted by Crippen LogP contribution is -2.53. The molecule has 1 heterocycles. The van der Waals surface area contributed by atoms with Gasteiger partial charge in [0.25, 0.3) is 0 Å². The topological polar surface area (TPSA) is 59.3 Å². The minimum absolute atomic E-state index is 0.188. The second-order valence-electron chi connectivity index (χ2n) is 5.39. The lowest BCUT2D eigenvalue weighted by Gasteiger charge is -2.38. The van der Waals surface area contributed by atoms with Crippen LogP contribution in [0.2, 0.25) is 0 Å². The first-order valence-corrected chi connectivity index (χ1v) is 6.61. The average molecular weight is 239 g/mol. The third kappa shape index (κ3) is 4.63. The predicted octanol–water partition coefficient (Wildman–Crippen LogP) is 0.973. The summed E-state index contributed by atoms with van der Waals surface area (Å²) in [5.41, 5.74) is -0.358. The Morgan fingerprint density at radius 2 is 2.06 bits per heavy atom. The lowest BCUT2D eigenvalue weighted by atomic mass is 9.88. The molecule has 1 rings (SSSR count). The highest BCUT2D eigenvalue weighted by Crippen LogP contribution is 2.22. The molecule has 0 aromatic rings. The van der Waals surface area contributed by atoms with Crippen LogP contribution in [0.25, 0.3) is 0 Å². The highest BCUT2D eigenvalue weighted by Gasteiger charge is 2.33. The Balaban J connectivity index is 2.38. The van der Waals surface area contributed by atoms with Crippen molar-refractivity contribution >= 4 is 0 Å². The van der Waals surface area contributed by atoms with Gasteiger partial charge < -0.3 is 10.0 Å². The summed E-state index contributed by atoms with van der Waals surface area (Å²) >= 11 is 0. The smallest absolute Gasteiger partial charge is 0.109 e. The van der Waals surface area contributed by atoms with Gasteiger partial charge in [0.15, 0.2) is 0 Å². The zero-order valence-corrected chi connectivity index (χ0v) is 11.1. The fourth-order valence-electron chi connectivity index (χ4n) is 2.37. The van der Waals surface area contributed by atoms with E-state index < -0.39 is 0 Å². The summed E-state index contributed by atoms with van der Waals surface area (Å²) in [6.07, 6.45) is 2.50. The van der Waals surface area contributed by atoms with Crippen molar-refractivity contribution in [3.63, 3.8) is 0 Å². The molecule has 0 atom stereocenters. The van der Waals surface area contributed by atoms with E-state index in [0.717, 1.165) is 45.4 Å². The second-order valence-corrected chi connectivity index (χ2v) is 5.39. The standard InChI is InChI=1S/C13H25N3O/c1-12(2)10-16-7-4-13(11-14,5-8-16)15-6-3-9-17/h12,15,17H,3-10H2,1-2H3. The van der Waals surface area contributed by atoms with Crippen molar-refractivity contribution in [2.45, 2.75) is 38.6 Å². The van der Waals surface area contributed by atoms with Crippen LogP contribution in [0, 0.1) is 17.2 Å². The Bertz CT molecular complexity index is 252. The van der Waals surface area contributed by atoms with E-state index in [1.807, 2.05) is 0 Å². The molecule has 0 spiro atoms. The predicted molar refractivity (Wildman–Crippen MR) is 68.6 cm³/mol. The van der Waals surface area contributed by atoms with E-state index in [1.54, 1.807) is 0 Å². The number of nitrogens with one attached hydrogen (secondary N) is 1. The van der Waals surface area contributed by atoms with E-state index in [1.165, 1.54) is 0 Å². The molecule has 4 heteroatoms. The van der Waals surface area contributed by atoms with E-state index in [2.05, 4.69) is 30.1 Å². The first-order valence-electron chi connectivity index (χ1n) is 6.61. The van der Waals surface area contributed by atoms with Gasteiger partial charge in [-0.2, -0.15) is 5.26 Å². The summed E-state index contributed by atoms with van der Waals surface area (Å²) in [5, 5.41) is 21.4. The molecule has 0 aliphatic carbocycles. The Morgan fingerprint density at radius 1 is 1.41 bits per heavy atom. The van der Waals surface area contributed by atoms with Crippen LogP contribution in [0.5, 0.6) is 0 Å². The Kier molecular flexibility index (Phi) is 5.90. The number of hydrogen-bond acceptors (Lipinski definition) is 4. The van der Waals surface area contributed by atoms with Crippen molar-refractivity contribution in [1.82, 2.24) is 10.2 Å². The van der Waals surface area contributed by atoms with Crippen molar-refractivity contribution in [3.05, 3.63) is 0 Å². The summed E-state index contributed by atoms with van der Waals surface area (Å²) in [6.45, 7) is 8.49. The molecule has 1 aliphatic rings. The highest BCUT2D eigenvalue weighted by atomic mass is 16.3. The number of aliphatic hydroxyl groups is 1. The van der Waals surface area contributed by atoms with Gasteiger partial charge in [0.05, 0.1) is 6.07 Å². The van der Waals surface area contributed by atoms with E-state index in [-0.39, 0.29) is 12.1 Å². The van der Waals surface area contributed by atoms with Gasteiger partial charge in [-0.25, -0.2) is 0 Å². The number of nitriles is 1. The third-order valence-corrected chi connectivity index (χ3v) is 3.35. The minimum atomic E-state index is -0.358. The van der Waals surface area contributed by atoms with Crippen molar-refractivity contribution in [1.29, 1.82) is 5.26 Å². The molecule has 0 aromatic heterocycles. The number of aliphatic hydroxyl groups excluding tert-OH is 1. The maximum Gasteiger partial charge on any atom is 0.109 e. The first-order chi connectivity index (χ1) is 8.12. The number of nitrogens with zero attached hydrogens (tertiary/aromatic N) is 2. The van der Waals surface area contributed by atoms with Crippen LogP contribution in [0.3, 0.4) is 0 Å². The van der Waals surface area contributed by atoms with Crippen LogP contribution in [0.4, 0.5) is 0 Å². The number of likely N-dealkylation sites (tertiary alicyclic amines) is 1. The molecule has 1 fully saturated rings. The van der Waals surface area contributed by atoms with Crippen LogP contribution in [-0.2, 0) is 0 Å². The largest absolute Gasteiger partial charge is 0.396 e.